The van der Waals surface area contributed by atoms with Crippen molar-refractivity contribution in [1.82, 2.24) is 4.98 Å². The first-order valence-corrected chi connectivity index (χ1v) is 12.8. The summed E-state index contributed by atoms with van der Waals surface area (Å²) in [4.78, 5) is 6.64. The number of rotatable bonds is 13. The summed E-state index contributed by atoms with van der Waals surface area (Å²) in [5, 5.41) is 3.32. The standard InChI is InChI=1S/C24H38N3O3P/c1-7-27(8-2)22-14-12-21(13-15-22)24(26-23-11-9-10-16-25-23)31(28,29-17-19(3)4)30-18-20(5)6/h9-16,19-20,24H,7-8,17-18H2,1-6H3,(H,25,26)/t24-/m0/s1. The molecule has 1 aromatic heterocycles. The summed E-state index contributed by atoms with van der Waals surface area (Å²) < 4.78 is 26.1. The molecule has 0 spiro atoms. The predicted octanol–water partition coefficient (Wildman–Crippen LogP) is 6.58. The zero-order valence-electron chi connectivity index (χ0n) is 19.7. The second kappa shape index (κ2) is 12.2. The molecule has 0 amide bonds. The maximum atomic E-state index is 14.1. The fraction of sp³-hybridized carbons (Fsp3) is 0.542. The first-order chi connectivity index (χ1) is 14.8. The normalized spacial score (nSPS) is 12.9. The van der Waals surface area contributed by atoms with E-state index in [1.807, 2.05) is 58.0 Å². The maximum absolute atomic E-state index is 14.1. The molecule has 0 aliphatic heterocycles. The van der Waals surface area contributed by atoms with Crippen LogP contribution in [0.5, 0.6) is 0 Å². The van der Waals surface area contributed by atoms with Gasteiger partial charge < -0.3 is 19.3 Å². The van der Waals surface area contributed by atoms with Crippen LogP contribution in [0.1, 0.15) is 52.9 Å². The molecule has 0 unspecified atom stereocenters. The fourth-order valence-corrected chi connectivity index (χ4v) is 5.29. The van der Waals surface area contributed by atoms with Gasteiger partial charge >= 0.3 is 7.60 Å². The van der Waals surface area contributed by atoms with Crippen LogP contribution in [0.4, 0.5) is 11.5 Å². The molecule has 0 saturated heterocycles. The third-order valence-electron chi connectivity index (χ3n) is 4.78. The number of pyridine rings is 1. The minimum absolute atomic E-state index is 0.233. The van der Waals surface area contributed by atoms with Gasteiger partial charge in [0.25, 0.3) is 0 Å². The van der Waals surface area contributed by atoms with Gasteiger partial charge in [0.1, 0.15) is 5.82 Å². The van der Waals surface area contributed by atoms with Crippen molar-refractivity contribution in [3.8, 4) is 0 Å². The van der Waals surface area contributed by atoms with E-state index in [0.717, 1.165) is 24.3 Å². The number of benzene rings is 1. The summed E-state index contributed by atoms with van der Waals surface area (Å²) in [6.45, 7) is 15.0. The summed E-state index contributed by atoms with van der Waals surface area (Å²) in [6, 6.07) is 13.7. The summed E-state index contributed by atoms with van der Waals surface area (Å²) in [7, 11) is -3.54. The average molecular weight is 448 g/mol. The van der Waals surface area contributed by atoms with Gasteiger partial charge in [-0.1, -0.05) is 45.9 Å². The van der Waals surface area contributed by atoms with Crippen LogP contribution in [0.15, 0.2) is 48.7 Å². The fourth-order valence-electron chi connectivity index (χ4n) is 3.08. The Morgan fingerprint density at radius 3 is 1.97 bits per heavy atom. The van der Waals surface area contributed by atoms with Crippen molar-refractivity contribution in [1.29, 1.82) is 0 Å². The molecule has 0 aliphatic rings. The molecule has 0 bridgehead atoms. The van der Waals surface area contributed by atoms with Crippen molar-refractivity contribution in [2.75, 3.05) is 36.5 Å². The molecule has 2 rings (SSSR count). The Morgan fingerprint density at radius 1 is 0.935 bits per heavy atom. The summed E-state index contributed by atoms with van der Waals surface area (Å²) in [5.41, 5.74) is 1.98. The Morgan fingerprint density at radius 2 is 1.52 bits per heavy atom. The monoisotopic (exact) mass is 447 g/mol. The van der Waals surface area contributed by atoms with Gasteiger partial charge in [0.15, 0.2) is 5.78 Å². The smallest absolute Gasteiger partial charge is 0.357 e. The van der Waals surface area contributed by atoms with E-state index in [9.17, 15) is 4.57 Å². The van der Waals surface area contributed by atoms with E-state index in [2.05, 4.69) is 41.2 Å². The van der Waals surface area contributed by atoms with Crippen LogP contribution in [-0.2, 0) is 13.6 Å². The largest absolute Gasteiger partial charge is 0.372 e. The van der Waals surface area contributed by atoms with E-state index in [1.165, 1.54) is 0 Å². The third-order valence-corrected chi connectivity index (χ3v) is 6.86. The second-order valence-corrected chi connectivity index (χ2v) is 10.6. The molecule has 0 fully saturated rings. The van der Waals surface area contributed by atoms with Gasteiger partial charge in [0, 0.05) is 25.0 Å². The van der Waals surface area contributed by atoms with Crippen LogP contribution in [0.3, 0.4) is 0 Å². The maximum Gasteiger partial charge on any atom is 0.357 e. The second-order valence-electron chi connectivity index (χ2n) is 8.44. The molecule has 6 nitrogen and oxygen atoms in total. The average Bonchev–Trinajstić information content (AvgIpc) is 2.77. The van der Waals surface area contributed by atoms with E-state index in [4.69, 9.17) is 9.05 Å². The van der Waals surface area contributed by atoms with Gasteiger partial charge in [-0.15, -0.1) is 0 Å². The lowest BCUT2D eigenvalue weighted by Crippen LogP contribution is -2.22. The van der Waals surface area contributed by atoms with E-state index < -0.39 is 13.4 Å². The topological polar surface area (TPSA) is 63.7 Å². The van der Waals surface area contributed by atoms with Crippen LogP contribution in [-0.4, -0.2) is 31.3 Å². The summed E-state index contributed by atoms with van der Waals surface area (Å²) in [5.74, 6) is 0.431. The van der Waals surface area contributed by atoms with Crippen LogP contribution in [0.2, 0.25) is 0 Å². The van der Waals surface area contributed by atoms with E-state index in [1.54, 1.807) is 6.20 Å². The molecule has 1 heterocycles. The van der Waals surface area contributed by atoms with Gasteiger partial charge in [0.2, 0.25) is 0 Å². The summed E-state index contributed by atoms with van der Waals surface area (Å²) >= 11 is 0. The minimum Gasteiger partial charge on any atom is -0.372 e. The third kappa shape index (κ3) is 7.64. The first kappa shape index (κ1) is 25.4. The van der Waals surface area contributed by atoms with Crippen molar-refractivity contribution >= 4 is 19.1 Å². The molecule has 2 aromatic rings. The lowest BCUT2D eigenvalue weighted by Gasteiger charge is -2.30. The minimum atomic E-state index is -3.54. The van der Waals surface area contributed by atoms with Crippen molar-refractivity contribution < 1.29 is 13.6 Å². The predicted molar refractivity (Wildman–Crippen MR) is 130 cm³/mol. The lowest BCUT2D eigenvalue weighted by atomic mass is 10.2. The Balaban J connectivity index is 2.44. The number of anilines is 2. The van der Waals surface area contributed by atoms with Crippen molar-refractivity contribution in [2.24, 2.45) is 11.8 Å². The Hall–Kier alpha value is -1.88. The number of hydrogen-bond donors (Lipinski definition) is 1. The zero-order valence-corrected chi connectivity index (χ0v) is 20.6. The highest BCUT2D eigenvalue weighted by molar-refractivity contribution is 7.54. The van der Waals surface area contributed by atoms with Gasteiger partial charge in [-0.05, 0) is 55.5 Å². The lowest BCUT2D eigenvalue weighted by molar-refractivity contribution is 0.168. The molecular weight excluding hydrogens is 409 g/mol. The van der Waals surface area contributed by atoms with Crippen LogP contribution in [0, 0.1) is 11.8 Å². The SMILES string of the molecule is CCN(CC)c1ccc([C@@H](Nc2ccccn2)P(=O)(OCC(C)C)OCC(C)C)cc1. The van der Waals surface area contributed by atoms with Crippen LogP contribution < -0.4 is 10.2 Å². The quantitative estimate of drug-likeness (QED) is 0.350. The molecule has 1 aromatic carbocycles. The molecule has 31 heavy (non-hydrogen) atoms. The van der Waals surface area contributed by atoms with Crippen molar-refractivity contribution in [3.05, 3.63) is 54.2 Å². The number of nitrogens with zero attached hydrogens (tertiary/aromatic N) is 2. The van der Waals surface area contributed by atoms with Crippen LogP contribution >= 0.6 is 7.60 Å². The number of nitrogens with one attached hydrogen (secondary N) is 1. The molecule has 1 atom stereocenters. The zero-order chi connectivity index (χ0) is 22.9. The van der Waals surface area contributed by atoms with Crippen LogP contribution in [0.25, 0.3) is 0 Å². The molecule has 0 saturated carbocycles. The summed E-state index contributed by atoms with van der Waals surface area (Å²) in [6.07, 6.45) is 1.71. The highest BCUT2D eigenvalue weighted by Gasteiger charge is 2.38. The van der Waals surface area contributed by atoms with Crippen molar-refractivity contribution in [3.63, 3.8) is 0 Å². The number of hydrogen-bond acceptors (Lipinski definition) is 6. The van der Waals surface area contributed by atoms with Gasteiger partial charge in [-0.2, -0.15) is 0 Å². The Bertz CT molecular complexity index is 793. The first-order valence-electron chi connectivity index (χ1n) is 11.2. The van der Waals surface area contributed by atoms with E-state index in [0.29, 0.717) is 19.0 Å². The van der Waals surface area contributed by atoms with Crippen molar-refractivity contribution in [2.45, 2.75) is 47.3 Å². The molecule has 0 aliphatic carbocycles. The molecule has 172 valence electrons. The van der Waals surface area contributed by atoms with Gasteiger partial charge in [0.05, 0.1) is 13.2 Å². The van der Waals surface area contributed by atoms with E-state index >= 15 is 0 Å². The Kier molecular flexibility index (Phi) is 10.0. The molecule has 7 heteroatoms. The molecule has 0 radical (unpaired) electrons. The highest BCUT2D eigenvalue weighted by atomic mass is 31.2. The van der Waals surface area contributed by atoms with E-state index in [-0.39, 0.29) is 11.8 Å². The Labute approximate surface area is 187 Å². The molecule has 1 N–H and O–H groups in total. The number of aromatic nitrogens is 1. The highest BCUT2D eigenvalue weighted by Crippen LogP contribution is 2.61. The molecular formula is C24H38N3O3P. The van der Waals surface area contributed by atoms with Gasteiger partial charge in [-0.25, -0.2) is 4.98 Å². The van der Waals surface area contributed by atoms with Gasteiger partial charge in [-0.3, -0.25) is 4.57 Å².